The lowest BCUT2D eigenvalue weighted by molar-refractivity contribution is -0.126. The zero-order valence-corrected chi connectivity index (χ0v) is 16.1. The molecule has 0 bridgehead atoms. The van der Waals surface area contributed by atoms with Gasteiger partial charge in [0, 0.05) is 13.0 Å². The molecule has 1 aliphatic rings. The smallest absolute Gasteiger partial charge is 0.271 e. The average Bonchev–Trinajstić information content (AvgIpc) is 3.04. The first-order chi connectivity index (χ1) is 12.9. The van der Waals surface area contributed by atoms with Crippen LogP contribution in [0.15, 0.2) is 42.5 Å². The summed E-state index contributed by atoms with van der Waals surface area (Å²) in [5.41, 5.74) is 5.32. The molecule has 9 heteroatoms. The molecule has 3 amide bonds. The Labute approximate surface area is 170 Å². The van der Waals surface area contributed by atoms with Crippen LogP contribution in [-0.4, -0.2) is 24.3 Å². The molecule has 140 valence electrons. The lowest BCUT2D eigenvalue weighted by Crippen LogP contribution is -2.45. The zero-order chi connectivity index (χ0) is 19.6. The monoisotopic (exact) mass is 425 g/mol. The summed E-state index contributed by atoms with van der Waals surface area (Å²) in [4.78, 5) is 38.1. The Morgan fingerprint density at radius 2 is 1.67 bits per heavy atom. The highest BCUT2D eigenvalue weighted by Gasteiger charge is 2.36. The summed E-state index contributed by atoms with van der Waals surface area (Å²) in [5.74, 6) is -1.92. The number of hydrogen-bond acceptors (Lipinski definition) is 3. The van der Waals surface area contributed by atoms with E-state index in [9.17, 15) is 14.4 Å². The summed E-state index contributed by atoms with van der Waals surface area (Å²) in [6.45, 7) is 0.132. The lowest BCUT2D eigenvalue weighted by atomic mass is 10.1. The minimum atomic E-state index is -0.640. The summed E-state index contributed by atoms with van der Waals surface area (Å²) in [6, 6.07) is 11.4. The molecule has 0 unspecified atom stereocenters. The standard InChI is InChI=1S/C18H14Cl3N3O3/c19-12-5-2-1-4-11(12)18(27)23-22-17(26)10-8-15(25)24(9-10)14-7-3-6-13(20)16(14)21/h1-7,10H,8-9H2,(H,22,26)(H,23,27)/t10-/m0/s1. The molecule has 1 saturated heterocycles. The molecule has 1 atom stereocenters. The van der Waals surface area contributed by atoms with Crippen LogP contribution in [0.2, 0.25) is 15.1 Å². The van der Waals surface area contributed by atoms with Crippen molar-refractivity contribution in [1.82, 2.24) is 10.9 Å². The summed E-state index contributed by atoms with van der Waals surface area (Å²) in [7, 11) is 0. The second-order valence-corrected chi connectivity index (χ2v) is 7.09. The fourth-order valence-electron chi connectivity index (χ4n) is 2.75. The van der Waals surface area contributed by atoms with Gasteiger partial charge in [-0.25, -0.2) is 0 Å². The normalized spacial score (nSPS) is 16.3. The minimum absolute atomic E-state index is 0.00333. The molecule has 2 aromatic rings. The number of carbonyl (C=O) groups excluding carboxylic acids is 3. The number of hydrogen-bond donors (Lipinski definition) is 2. The zero-order valence-electron chi connectivity index (χ0n) is 13.8. The van der Waals surface area contributed by atoms with Gasteiger partial charge in [0.25, 0.3) is 5.91 Å². The maximum absolute atomic E-state index is 12.3. The third-order valence-electron chi connectivity index (χ3n) is 4.14. The van der Waals surface area contributed by atoms with Gasteiger partial charge in [-0.2, -0.15) is 0 Å². The van der Waals surface area contributed by atoms with Gasteiger partial charge in [-0.05, 0) is 24.3 Å². The van der Waals surface area contributed by atoms with E-state index in [0.717, 1.165) is 0 Å². The van der Waals surface area contributed by atoms with E-state index in [1.54, 1.807) is 36.4 Å². The highest BCUT2D eigenvalue weighted by molar-refractivity contribution is 6.44. The Bertz CT molecular complexity index is 920. The first-order valence-electron chi connectivity index (χ1n) is 7.97. The van der Waals surface area contributed by atoms with E-state index in [2.05, 4.69) is 10.9 Å². The van der Waals surface area contributed by atoms with Crippen molar-refractivity contribution in [3.05, 3.63) is 63.1 Å². The van der Waals surface area contributed by atoms with Crippen LogP contribution in [0, 0.1) is 5.92 Å². The first kappa shape index (κ1) is 19.5. The van der Waals surface area contributed by atoms with Crippen molar-refractivity contribution >= 4 is 58.2 Å². The number of carbonyl (C=O) groups is 3. The summed E-state index contributed by atoms with van der Waals surface area (Å²) < 4.78 is 0. The van der Waals surface area contributed by atoms with Gasteiger partial charge in [0.2, 0.25) is 11.8 Å². The molecule has 0 saturated carbocycles. The summed E-state index contributed by atoms with van der Waals surface area (Å²) in [5, 5.41) is 0.838. The second-order valence-electron chi connectivity index (χ2n) is 5.90. The van der Waals surface area contributed by atoms with Crippen molar-refractivity contribution in [1.29, 1.82) is 0 Å². The van der Waals surface area contributed by atoms with Gasteiger partial charge in [0.15, 0.2) is 0 Å². The van der Waals surface area contributed by atoms with Crippen molar-refractivity contribution in [3.8, 4) is 0 Å². The quantitative estimate of drug-likeness (QED) is 0.738. The Hall–Kier alpha value is -2.28. The SMILES string of the molecule is O=C(NNC(=O)[C@H]1CC(=O)N(c2cccc(Cl)c2Cl)C1)c1ccccc1Cl. The van der Waals surface area contributed by atoms with Crippen molar-refractivity contribution < 1.29 is 14.4 Å². The number of hydrazine groups is 1. The number of anilines is 1. The molecule has 3 rings (SSSR count). The number of rotatable bonds is 3. The van der Waals surface area contributed by atoms with Crippen LogP contribution in [-0.2, 0) is 9.59 Å². The Morgan fingerprint density at radius 3 is 2.41 bits per heavy atom. The molecule has 0 spiro atoms. The largest absolute Gasteiger partial charge is 0.310 e. The van der Waals surface area contributed by atoms with E-state index in [1.165, 1.54) is 11.0 Å². The van der Waals surface area contributed by atoms with Crippen LogP contribution >= 0.6 is 34.8 Å². The highest BCUT2D eigenvalue weighted by atomic mass is 35.5. The lowest BCUT2D eigenvalue weighted by Gasteiger charge is -2.18. The molecule has 0 radical (unpaired) electrons. The average molecular weight is 427 g/mol. The summed E-state index contributed by atoms with van der Waals surface area (Å²) in [6.07, 6.45) is -0.00333. The molecule has 0 aliphatic carbocycles. The second kappa shape index (κ2) is 8.17. The predicted molar refractivity (Wildman–Crippen MR) is 104 cm³/mol. The number of halogens is 3. The first-order valence-corrected chi connectivity index (χ1v) is 9.11. The van der Waals surface area contributed by atoms with E-state index >= 15 is 0 Å². The third kappa shape index (κ3) is 4.18. The van der Waals surface area contributed by atoms with Gasteiger partial charge < -0.3 is 4.90 Å². The molecule has 2 N–H and O–H groups in total. The number of nitrogens with one attached hydrogen (secondary N) is 2. The van der Waals surface area contributed by atoms with Crippen LogP contribution in [0.4, 0.5) is 5.69 Å². The van der Waals surface area contributed by atoms with E-state index in [0.29, 0.717) is 10.7 Å². The third-order valence-corrected chi connectivity index (χ3v) is 5.27. The van der Waals surface area contributed by atoms with Crippen molar-refractivity contribution in [2.45, 2.75) is 6.42 Å². The molecule has 2 aromatic carbocycles. The predicted octanol–water partition coefficient (Wildman–Crippen LogP) is 3.46. The fourth-order valence-corrected chi connectivity index (χ4v) is 3.37. The van der Waals surface area contributed by atoms with Crippen LogP contribution in [0.3, 0.4) is 0 Å². The highest BCUT2D eigenvalue weighted by Crippen LogP contribution is 2.35. The maximum Gasteiger partial charge on any atom is 0.271 e. The van der Waals surface area contributed by atoms with Gasteiger partial charge in [-0.1, -0.05) is 53.0 Å². The van der Waals surface area contributed by atoms with Crippen LogP contribution in [0.5, 0.6) is 0 Å². The molecular weight excluding hydrogens is 413 g/mol. The Morgan fingerprint density at radius 1 is 0.963 bits per heavy atom. The molecule has 1 heterocycles. The van der Waals surface area contributed by atoms with Crippen LogP contribution in [0.1, 0.15) is 16.8 Å². The minimum Gasteiger partial charge on any atom is -0.310 e. The van der Waals surface area contributed by atoms with Crippen molar-refractivity contribution in [2.24, 2.45) is 5.92 Å². The van der Waals surface area contributed by atoms with Gasteiger partial charge in [0.05, 0.1) is 32.2 Å². The molecule has 6 nitrogen and oxygen atoms in total. The van der Waals surface area contributed by atoms with Gasteiger partial charge in [0.1, 0.15) is 0 Å². The van der Waals surface area contributed by atoms with Gasteiger partial charge >= 0.3 is 0 Å². The van der Waals surface area contributed by atoms with Gasteiger partial charge in [-0.3, -0.25) is 25.2 Å². The van der Waals surface area contributed by atoms with Crippen LogP contribution < -0.4 is 15.8 Å². The van der Waals surface area contributed by atoms with E-state index < -0.39 is 17.7 Å². The van der Waals surface area contributed by atoms with Crippen molar-refractivity contribution in [3.63, 3.8) is 0 Å². The summed E-state index contributed by atoms with van der Waals surface area (Å²) >= 11 is 18.1. The molecular formula is C18H14Cl3N3O3. The van der Waals surface area contributed by atoms with Crippen molar-refractivity contribution in [2.75, 3.05) is 11.4 Å². The Balaban J connectivity index is 1.63. The molecule has 27 heavy (non-hydrogen) atoms. The van der Waals surface area contributed by atoms with Crippen LogP contribution in [0.25, 0.3) is 0 Å². The number of benzene rings is 2. The molecule has 1 fully saturated rings. The topological polar surface area (TPSA) is 78.5 Å². The molecule has 1 aliphatic heterocycles. The molecule has 0 aromatic heterocycles. The van der Waals surface area contributed by atoms with E-state index in [4.69, 9.17) is 34.8 Å². The Kier molecular flexibility index (Phi) is 5.89. The maximum atomic E-state index is 12.3. The van der Waals surface area contributed by atoms with Gasteiger partial charge in [-0.15, -0.1) is 0 Å². The number of amides is 3. The van der Waals surface area contributed by atoms with E-state index in [1.807, 2.05) is 0 Å². The van der Waals surface area contributed by atoms with E-state index in [-0.39, 0.29) is 34.5 Å². The fraction of sp³-hybridized carbons (Fsp3) is 0.167. The number of nitrogens with zero attached hydrogens (tertiary/aromatic N) is 1.